The second-order valence-corrected chi connectivity index (χ2v) is 5.36. The average Bonchev–Trinajstić information content (AvgIpc) is 2.64. The van der Waals surface area contributed by atoms with Crippen LogP contribution in [0, 0.1) is 6.92 Å². The van der Waals surface area contributed by atoms with Gasteiger partial charge in [0.25, 0.3) is 0 Å². The molecule has 20 heavy (non-hydrogen) atoms. The van der Waals surface area contributed by atoms with Crippen LogP contribution in [0.25, 0.3) is 0 Å². The third-order valence-corrected chi connectivity index (χ3v) is 3.82. The van der Waals surface area contributed by atoms with E-state index < -0.39 is 0 Å². The number of anilines is 2. The lowest BCUT2D eigenvalue weighted by atomic mass is 10.2. The van der Waals surface area contributed by atoms with Gasteiger partial charge in [-0.2, -0.15) is 5.10 Å². The molecule has 2 rings (SSSR count). The summed E-state index contributed by atoms with van der Waals surface area (Å²) in [6.07, 6.45) is 1.06. The molecule has 108 valence electrons. The Morgan fingerprint density at radius 3 is 2.70 bits per heavy atom. The summed E-state index contributed by atoms with van der Waals surface area (Å²) in [5, 5.41) is 5.12. The van der Waals surface area contributed by atoms with Crippen molar-refractivity contribution in [2.75, 3.05) is 17.2 Å². The van der Waals surface area contributed by atoms with Crippen LogP contribution in [-0.4, -0.2) is 16.3 Å². The molecule has 0 unspecified atom stereocenters. The van der Waals surface area contributed by atoms with Gasteiger partial charge in [0.15, 0.2) is 0 Å². The van der Waals surface area contributed by atoms with E-state index in [1.807, 2.05) is 36.9 Å². The molecule has 0 amide bonds. The van der Waals surface area contributed by atoms with Gasteiger partial charge in [-0.25, -0.2) is 0 Å². The number of hydrogen-bond donors (Lipinski definition) is 1. The first-order valence-corrected chi connectivity index (χ1v) is 7.19. The molecule has 0 fully saturated rings. The normalized spacial score (nSPS) is 10.8. The summed E-state index contributed by atoms with van der Waals surface area (Å²) in [4.78, 5) is 2.28. The van der Waals surface area contributed by atoms with Crippen LogP contribution < -0.4 is 10.6 Å². The van der Waals surface area contributed by atoms with E-state index in [1.165, 1.54) is 0 Å². The van der Waals surface area contributed by atoms with Crippen molar-refractivity contribution in [1.29, 1.82) is 0 Å². The van der Waals surface area contributed by atoms with Crippen LogP contribution in [0.4, 0.5) is 11.4 Å². The monoisotopic (exact) mass is 292 g/mol. The Kier molecular flexibility index (Phi) is 4.55. The smallest absolute Gasteiger partial charge is 0.0865 e. The van der Waals surface area contributed by atoms with Crippen molar-refractivity contribution in [3.63, 3.8) is 0 Å². The first-order chi connectivity index (χ1) is 9.52. The van der Waals surface area contributed by atoms with Crippen LogP contribution in [-0.2, 0) is 13.6 Å². The Balaban J connectivity index is 2.30. The molecule has 0 saturated carbocycles. The van der Waals surface area contributed by atoms with Crippen LogP contribution in [0.5, 0.6) is 0 Å². The van der Waals surface area contributed by atoms with E-state index in [0.29, 0.717) is 0 Å². The minimum absolute atomic E-state index is 0.730. The Morgan fingerprint density at radius 2 is 2.15 bits per heavy atom. The lowest BCUT2D eigenvalue weighted by molar-refractivity contribution is 0.670. The van der Waals surface area contributed by atoms with E-state index in [0.717, 1.165) is 47.3 Å². The lowest BCUT2D eigenvalue weighted by Crippen LogP contribution is -2.25. The molecule has 1 heterocycles. The minimum Gasteiger partial charge on any atom is -0.399 e. The molecule has 0 aliphatic heterocycles. The zero-order valence-corrected chi connectivity index (χ0v) is 13.0. The average molecular weight is 293 g/mol. The molecule has 0 radical (unpaired) electrons. The van der Waals surface area contributed by atoms with E-state index in [2.05, 4.69) is 23.0 Å². The second-order valence-electron chi connectivity index (χ2n) is 4.99. The SMILES string of the molecule is CCCN(Cc1c(Cl)c(C)nn1C)c1cccc(N)c1. The third kappa shape index (κ3) is 3.07. The van der Waals surface area contributed by atoms with Crippen molar-refractivity contribution >= 4 is 23.0 Å². The fourth-order valence-electron chi connectivity index (χ4n) is 2.32. The van der Waals surface area contributed by atoms with E-state index in [1.54, 1.807) is 0 Å². The molecule has 5 heteroatoms. The number of aromatic nitrogens is 2. The summed E-state index contributed by atoms with van der Waals surface area (Å²) in [6, 6.07) is 7.94. The van der Waals surface area contributed by atoms with Gasteiger partial charge in [-0.3, -0.25) is 4.68 Å². The topological polar surface area (TPSA) is 47.1 Å². The van der Waals surface area contributed by atoms with Crippen LogP contribution in [0.1, 0.15) is 24.7 Å². The first-order valence-electron chi connectivity index (χ1n) is 6.81. The van der Waals surface area contributed by atoms with Gasteiger partial charge in [-0.05, 0) is 31.5 Å². The quantitative estimate of drug-likeness (QED) is 0.860. The summed E-state index contributed by atoms with van der Waals surface area (Å²) in [7, 11) is 1.93. The van der Waals surface area contributed by atoms with Gasteiger partial charge < -0.3 is 10.6 Å². The zero-order valence-electron chi connectivity index (χ0n) is 12.2. The number of halogens is 1. The molecule has 0 aliphatic carbocycles. The molecular weight excluding hydrogens is 272 g/mol. The number of aryl methyl sites for hydroxylation is 2. The van der Waals surface area contributed by atoms with Crippen molar-refractivity contribution < 1.29 is 0 Å². The van der Waals surface area contributed by atoms with Gasteiger partial charge in [-0.1, -0.05) is 24.6 Å². The number of rotatable bonds is 5. The molecular formula is C15H21ClN4. The molecule has 0 aliphatic rings. The van der Waals surface area contributed by atoms with E-state index in [4.69, 9.17) is 17.3 Å². The highest BCUT2D eigenvalue weighted by atomic mass is 35.5. The standard InChI is InChI=1S/C15H21ClN4/c1-4-8-20(13-7-5-6-12(17)9-13)10-14-15(16)11(2)18-19(14)3/h5-7,9H,4,8,10,17H2,1-3H3. The van der Waals surface area contributed by atoms with Crippen molar-refractivity contribution in [1.82, 2.24) is 9.78 Å². The molecule has 1 aromatic heterocycles. The summed E-state index contributed by atoms with van der Waals surface area (Å²) >= 11 is 6.34. The van der Waals surface area contributed by atoms with Gasteiger partial charge >= 0.3 is 0 Å². The Bertz CT molecular complexity index is 592. The Labute approximate surface area is 125 Å². The van der Waals surface area contributed by atoms with Gasteiger partial charge in [-0.15, -0.1) is 0 Å². The van der Waals surface area contributed by atoms with E-state index >= 15 is 0 Å². The molecule has 0 bridgehead atoms. The second kappa shape index (κ2) is 6.18. The van der Waals surface area contributed by atoms with Crippen molar-refractivity contribution in [2.24, 2.45) is 7.05 Å². The molecule has 0 saturated heterocycles. The number of benzene rings is 1. The molecule has 0 spiro atoms. The fourth-order valence-corrected chi connectivity index (χ4v) is 2.54. The van der Waals surface area contributed by atoms with Crippen LogP contribution >= 0.6 is 11.6 Å². The molecule has 0 atom stereocenters. The Hall–Kier alpha value is -1.68. The molecule has 2 aromatic rings. The van der Waals surface area contributed by atoms with Crippen LogP contribution in [0.15, 0.2) is 24.3 Å². The maximum atomic E-state index is 6.34. The summed E-state index contributed by atoms with van der Waals surface area (Å²) < 4.78 is 1.85. The van der Waals surface area contributed by atoms with E-state index in [-0.39, 0.29) is 0 Å². The fraction of sp³-hybridized carbons (Fsp3) is 0.400. The summed E-state index contributed by atoms with van der Waals surface area (Å²) in [5.41, 5.74) is 9.66. The summed E-state index contributed by atoms with van der Waals surface area (Å²) in [5.74, 6) is 0. The van der Waals surface area contributed by atoms with Gasteiger partial charge in [0.1, 0.15) is 0 Å². The third-order valence-electron chi connectivity index (χ3n) is 3.33. The zero-order chi connectivity index (χ0) is 14.7. The van der Waals surface area contributed by atoms with Crippen molar-refractivity contribution in [3.05, 3.63) is 40.7 Å². The highest BCUT2D eigenvalue weighted by Crippen LogP contribution is 2.25. The lowest BCUT2D eigenvalue weighted by Gasteiger charge is -2.25. The predicted molar refractivity (Wildman–Crippen MR) is 85.2 cm³/mol. The Morgan fingerprint density at radius 1 is 1.40 bits per heavy atom. The number of nitrogens with zero attached hydrogens (tertiary/aromatic N) is 3. The molecule has 2 N–H and O–H groups in total. The first kappa shape index (κ1) is 14.7. The maximum absolute atomic E-state index is 6.34. The minimum atomic E-state index is 0.730. The highest BCUT2D eigenvalue weighted by Gasteiger charge is 2.15. The van der Waals surface area contributed by atoms with Gasteiger partial charge in [0.05, 0.1) is 23.0 Å². The van der Waals surface area contributed by atoms with Crippen LogP contribution in [0.3, 0.4) is 0 Å². The summed E-state index contributed by atoms with van der Waals surface area (Å²) in [6.45, 7) is 5.77. The molecule has 1 aromatic carbocycles. The maximum Gasteiger partial charge on any atom is 0.0865 e. The predicted octanol–water partition coefficient (Wildman–Crippen LogP) is 3.38. The largest absolute Gasteiger partial charge is 0.399 e. The van der Waals surface area contributed by atoms with Gasteiger partial charge in [0, 0.05) is 25.0 Å². The molecule has 4 nitrogen and oxygen atoms in total. The van der Waals surface area contributed by atoms with Crippen LogP contribution in [0.2, 0.25) is 5.02 Å². The van der Waals surface area contributed by atoms with Crippen molar-refractivity contribution in [3.8, 4) is 0 Å². The van der Waals surface area contributed by atoms with Gasteiger partial charge in [0.2, 0.25) is 0 Å². The number of nitrogens with two attached hydrogens (primary N) is 1. The van der Waals surface area contributed by atoms with E-state index in [9.17, 15) is 0 Å². The number of hydrogen-bond acceptors (Lipinski definition) is 3. The van der Waals surface area contributed by atoms with Crippen molar-refractivity contribution in [2.45, 2.75) is 26.8 Å². The highest BCUT2D eigenvalue weighted by molar-refractivity contribution is 6.31. The number of nitrogen functional groups attached to an aromatic ring is 1.